The van der Waals surface area contributed by atoms with Crippen molar-refractivity contribution in [2.45, 2.75) is 25.8 Å². The molecule has 0 bridgehead atoms. The Bertz CT molecular complexity index is 355. The number of hydrogen-bond donors (Lipinski definition) is 2. The fourth-order valence-electron chi connectivity index (χ4n) is 2.05. The molecule has 1 atom stereocenters. The molecule has 1 aromatic heterocycles. The molecule has 0 spiro atoms. The maximum absolute atomic E-state index is 9.24. The van der Waals surface area contributed by atoms with Gasteiger partial charge in [0.05, 0.1) is 12.6 Å². The highest BCUT2D eigenvalue weighted by Gasteiger charge is 2.26. The van der Waals surface area contributed by atoms with E-state index in [1.807, 2.05) is 6.92 Å². The predicted molar refractivity (Wildman–Crippen MR) is 58.6 cm³/mol. The van der Waals surface area contributed by atoms with Crippen LogP contribution in [0.1, 0.15) is 18.4 Å². The summed E-state index contributed by atoms with van der Waals surface area (Å²) in [4.78, 5) is 10.3. The summed E-state index contributed by atoms with van der Waals surface area (Å²) in [6, 6.07) is 0.179. The third-order valence-corrected chi connectivity index (χ3v) is 2.96. The van der Waals surface area contributed by atoms with Crippen LogP contribution in [0.2, 0.25) is 0 Å². The molecule has 1 unspecified atom stereocenters. The van der Waals surface area contributed by atoms with Gasteiger partial charge in [-0.15, -0.1) is 0 Å². The highest BCUT2D eigenvalue weighted by molar-refractivity contribution is 5.56. The molecule has 0 aromatic carbocycles. The van der Waals surface area contributed by atoms with Gasteiger partial charge in [0, 0.05) is 12.1 Å². The molecule has 5 nitrogen and oxygen atoms in total. The van der Waals surface area contributed by atoms with Crippen LogP contribution >= 0.6 is 0 Å². The fraction of sp³-hybridized carbons (Fsp3) is 0.600. The molecule has 1 aliphatic heterocycles. The van der Waals surface area contributed by atoms with Gasteiger partial charge in [0.2, 0.25) is 0 Å². The third kappa shape index (κ3) is 1.74. The highest BCUT2D eigenvalue weighted by Crippen LogP contribution is 2.27. The Morgan fingerprint density at radius 3 is 3.13 bits per heavy atom. The summed E-state index contributed by atoms with van der Waals surface area (Å²) in [6.07, 6.45) is 3.58. The van der Waals surface area contributed by atoms with E-state index >= 15 is 0 Å². The van der Waals surface area contributed by atoms with Crippen molar-refractivity contribution in [2.75, 3.05) is 23.8 Å². The number of hydrogen-bond acceptors (Lipinski definition) is 5. The molecule has 2 heterocycles. The molecule has 2 rings (SSSR count). The Morgan fingerprint density at radius 2 is 2.40 bits per heavy atom. The molecular formula is C10H16N4O. The topological polar surface area (TPSA) is 75.3 Å². The van der Waals surface area contributed by atoms with E-state index in [2.05, 4.69) is 14.9 Å². The molecule has 1 saturated heterocycles. The van der Waals surface area contributed by atoms with Gasteiger partial charge >= 0.3 is 0 Å². The van der Waals surface area contributed by atoms with E-state index in [1.54, 1.807) is 0 Å². The molecule has 0 radical (unpaired) electrons. The van der Waals surface area contributed by atoms with Crippen LogP contribution in [0, 0.1) is 6.92 Å². The van der Waals surface area contributed by atoms with Crippen molar-refractivity contribution in [3.8, 4) is 0 Å². The van der Waals surface area contributed by atoms with Gasteiger partial charge in [0.1, 0.15) is 18.0 Å². The fourth-order valence-corrected chi connectivity index (χ4v) is 2.05. The number of anilines is 2. The minimum Gasteiger partial charge on any atom is -0.394 e. The lowest BCUT2D eigenvalue weighted by Gasteiger charge is -2.25. The number of rotatable bonds is 2. The van der Waals surface area contributed by atoms with Crippen molar-refractivity contribution < 1.29 is 5.11 Å². The average molecular weight is 208 g/mol. The maximum atomic E-state index is 9.24. The predicted octanol–water partition coefficient (Wildman–Crippen LogP) is 0.328. The van der Waals surface area contributed by atoms with Crippen LogP contribution in [0.4, 0.5) is 11.6 Å². The van der Waals surface area contributed by atoms with E-state index in [1.165, 1.54) is 6.33 Å². The molecule has 0 aliphatic carbocycles. The number of aliphatic hydroxyl groups is 1. The Balaban J connectivity index is 2.32. The number of nitrogens with zero attached hydrogens (tertiary/aromatic N) is 3. The Kier molecular flexibility index (Phi) is 2.73. The molecule has 15 heavy (non-hydrogen) atoms. The second-order valence-corrected chi connectivity index (χ2v) is 3.88. The molecule has 3 N–H and O–H groups in total. The maximum Gasteiger partial charge on any atom is 0.137 e. The van der Waals surface area contributed by atoms with Crippen LogP contribution in [0.15, 0.2) is 6.33 Å². The smallest absolute Gasteiger partial charge is 0.137 e. The highest BCUT2D eigenvalue weighted by atomic mass is 16.3. The standard InChI is InChI=1S/C10H16N4O/c1-7-9(11)12-6-13-10(7)14-4-2-3-8(14)5-15/h6,8,15H,2-5H2,1H3,(H2,11,12,13). The van der Waals surface area contributed by atoms with Crippen LogP contribution in [-0.4, -0.2) is 34.3 Å². The van der Waals surface area contributed by atoms with Crippen molar-refractivity contribution in [2.24, 2.45) is 0 Å². The van der Waals surface area contributed by atoms with Gasteiger partial charge < -0.3 is 15.7 Å². The Morgan fingerprint density at radius 1 is 1.60 bits per heavy atom. The second kappa shape index (κ2) is 4.02. The first kappa shape index (κ1) is 10.2. The number of aromatic nitrogens is 2. The quantitative estimate of drug-likeness (QED) is 0.732. The van der Waals surface area contributed by atoms with E-state index in [4.69, 9.17) is 5.73 Å². The van der Waals surface area contributed by atoms with E-state index in [0.717, 1.165) is 30.8 Å². The first-order valence-corrected chi connectivity index (χ1v) is 5.18. The van der Waals surface area contributed by atoms with Gasteiger partial charge in [0.25, 0.3) is 0 Å². The van der Waals surface area contributed by atoms with Gasteiger partial charge in [-0.2, -0.15) is 0 Å². The lowest BCUT2D eigenvalue weighted by atomic mass is 10.2. The van der Waals surface area contributed by atoms with E-state index < -0.39 is 0 Å². The molecule has 0 saturated carbocycles. The van der Waals surface area contributed by atoms with Crippen LogP contribution in [0.3, 0.4) is 0 Å². The van der Waals surface area contributed by atoms with Crippen LogP contribution < -0.4 is 10.6 Å². The average Bonchev–Trinajstić information content (AvgIpc) is 2.70. The third-order valence-electron chi connectivity index (χ3n) is 2.96. The summed E-state index contributed by atoms with van der Waals surface area (Å²) >= 11 is 0. The lowest BCUT2D eigenvalue weighted by molar-refractivity contribution is 0.266. The molecule has 82 valence electrons. The number of nitrogen functional groups attached to an aromatic ring is 1. The summed E-state index contributed by atoms with van der Waals surface area (Å²) < 4.78 is 0. The van der Waals surface area contributed by atoms with Crippen LogP contribution in [0.5, 0.6) is 0 Å². The summed E-state index contributed by atoms with van der Waals surface area (Å²) in [5.41, 5.74) is 6.64. The van der Waals surface area contributed by atoms with Crippen molar-refractivity contribution in [3.05, 3.63) is 11.9 Å². The minimum absolute atomic E-state index is 0.170. The number of aliphatic hydroxyl groups excluding tert-OH is 1. The van der Waals surface area contributed by atoms with Crippen molar-refractivity contribution in [1.29, 1.82) is 0 Å². The first-order valence-electron chi connectivity index (χ1n) is 5.18. The lowest BCUT2D eigenvalue weighted by Crippen LogP contribution is -2.33. The van der Waals surface area contributed by atoms with Crippen molar-refractivity contribution in [3.63, 3.8) is 0 Å². The van der Waals surface area contributed by atoms with Crippen LogP contribution in [0.25, 0.3) is 0 Å². The van der Waals surface area contributed by atoms with Gasteiger partial charge in [-0.05, 0) is 19.8 Å². The van der Waals surface area contributed by atoms with Crippen molar-refractivity contribution in [1.82, 2.24) is 9.97 Å². The first-order chi connectivity index (χ1) is 7.24. The van der Waals surface area contributed by atoms with Gasteiger partial charge in [-0.1, -0.05) is 0 Å². The number of nitrogens with two attached hydrogens (primary N) is 1. The van der Waals surface area contributed by atoms with Crippen LogP contribution in [-0.2, 0) is 0 Å². The molecule has 1 fully saturated rings. The summed E-state index contributed by atoms with van der Waals surface area (Å²) in [7, 11) is 0. The second-order valence-electron chi connectivity index (χ2n) is 3.88. The van der Waals surface area contributed by atoms with E-state index in [0.29, 0.717) is 5.82 Å². The zero-order valence-corrected chi connectivity index (χ0v) is 8.85. The van der Waals surface area contributed by atoms with Gasteiger partial charge in [0.15, 0.2) is 0 Å². The van der Waals surface area contributed by atoms with Gasteiger partial charge in [-0.3, -0.25) is 0 Å². The Labute approximate surface area is 88.9 Å². The summed E-state index contributed by atoms with van der Waals surface area (Å²) in [5, 5.41) is 9.24. The normalized spacial score (nSPS) is 20.9. The van der Waals surface area contributed by atoms with E-state index in [9.17, 15) is 5.11 Å². The molecule has 1 aliphatic rings. The zero-order valence-electron chi connectivity index (χ0n) is 8.85. The molecule has 5 heteroatoms. The van der Waals surface area contributed by atoms with E-state index in [-0.39, 0.29) is 12.6 Å². The largest absolute Gasteiger partial charge is 0.394 e. The molecular weight excluding hydrogens is 192 g/mol. The summed E-state index contributed by atoms with van der Waals surface area (Å²) in [5.74, 6) is 1.38. The zero-order chi connectivity index (χ0) is 10.8. The van der Waals surface area contributed by atoms with Crippen molar-refractivity contribution >= 4 is 11.6 Å². The molecule has 0 amide bonds. The SMILES string of the molecule is Cc1c(N)ncnc1N1CCCC1CO. The Hall–Kier alpha value is -1.36. The monoisotopic (exact) mass is 208 g/mol. The summed E-state index contributed by atoms with van der Waals surface area (Å²) in [6.45, 7) is 3.02. The molecule has 1 aromatic rings. The minimum atomic E-state index is 0.170. The van der Waals surface area contributed by atoms with Gasteiger partial charge in [-0.25, -0.2) is 9.97 Å².